The Morgan fingerprint density at radius 3 is 2.44 bits per heavy atom. The minimum Gasteiger partial charge on any atom is -0.444 e. The number of benzene rings is 1. The highest BCUT2D eigenvalue weighted by molar-refractivity contribution is 6.01. The van der Waals surface area contributed by atoms with Gasteiger partial charge < -0.3 is 25.3 Å². The normalized spacial score (nSPS) is 11.1. The largest absolute Gasteiger partial charge is 0.444 e. The van der Waals surface area contributed by atoms with E-state index in [-0.39, 0.29) is 24.9 Å². The highest BCUT2D eigenvalue weighted by atomic mass is 16.6. The van der Waals surface area contributed by atoms with Crippen molar-refractivity contribution < 1.29 is 19.1 Å². The van der Waals surface area contributed by atoms with Crippen LogP contribution in [0.15, 0.2) is 30.5 Å². The Bertz CT molecular complexity index is 836. The van der Waals surface area contributed by atoms with E-state index < -0.39 is 11.7 Å². The lowest BCUT2D eigenvalue weighted by molar-refractivity contribution is -0.121. The van der Waals surface area contributed by atoms with E-state index in [9.17, 15) is 14.4 Å². The number of ether oxygens (including phenoxy) is 1. The third-order valence-electron chi connectivity index (χ3n) is 3.55. The molecule has 0 radical (unpaired) electrons. The molecular formula is C19H26N4O4. The third-order valence-corrected chi connectivity index (χ3v) is 3.55. The van der Waals surface area contributed by atoms with E-state index in [0.717, 1.165) is 10.9 Å². The molecule has 0 aliphatic rings. The fourth-order valence-corrected chi connectivity index (χ4v) is 2.55. The van der Waals surface area contributed by atoms with Crippen LogP contribution >= 0.6 is 0 Å². The van der Waals surface area contributed by atoms with Crippen LogP contribution in [0.3, 0.4) is 0 Å². The molecule has 2 aromatic rings. The monoisotopic (exact) mass is 374 g/mol. The van der Waals surface area contributed by atoms with E-state index >= 15 is 0 Å². The molecule has 146 valence electrons. The lowest BCUT2D eigenvalue weighted by Gasteiger charge is -2.19. The lowest BCUT2D eigenvalue weighted by atomic mass is 10.2. The maximum atomic E-state index is 12.1. The first-order valence-corrected chi connectivity index (χ1v) is 8.75. The number of fused-ring (bicyclic) bond motifs is 1. The molecule has 0 saturated heterocycles. The number of anilines is 1. The maximum Gasteiger partial charge on any atom is 0.407 e. The van der Waals surface area contributed by atoms with Gasteiger partial charge in [-0.2, -0.15) is 0 Å². The zero-order valence-corrected chi connectivity index (χ0v) is 16.1. The summed E-state index contributed by atoms with van der Waals surface area (Å²) in [6.07, 6.45) is 1.28. The molecule has 0 fully saturated rings. The maximum absolute atomic E-state index is 12.1. The Hall–Kier alpha value is -3.03. The van der Waals surface area contributed by atoms with Crippen LogP contribution in [-0.2, 0) is 20.9 Å². The summed E-state index contributed by atoms with van der Waals surface area (Å²) in [6.45, 7) is 7.52. The summed E-state index contributed by atoms with van der Waals surface area (Å²) in [4.78, 5) is 35.0. The molecule has 1 aromatic heterocycles. The summed E-state index contributed by atoms with van der Waals surface area (Å²) in [6, 6.07) is 7.39. The fourth-order valence-electron chi connectivity index (χ4n) is 2.55. The Balaban J connectivity index is 1.86. The average molecular weight is 374 g/mol. The number of nitrogens with one attached hydrogen (secondary N) is 3. The highest BCUT2D eigenvalue weighted by Gasteiger charge is 2.15. The van der Waals surface area contributed by atoms with Crippen molar-refractivity contribution in [2.24, 2.45) is 0 Å². The van der Waals surface area contributed by atoms with Crippen LogP contribution in [0.25, 0.3) is 10.9 Å². The molecule has 1 aromatic carbocycles. The van der Waals surface area contributed by atoms with E-state index in [1.54, 1.807) is 31.5 Å². The van der Waals surface area contributed by atoms with E-state index in [4.69, 9.17) is 4.74 Å². The van der Waals surface area contributed by atoms with Crippen molar-refractivity contribution in [2.75, 3.05) is 18.4 Å². The number of carbonyl (C=O) groups is 3. The average Bonchev–Trinajstić information content (AvgIpc) is 2.93. The van der Waals surface area contributed by atoms with E-state index in [1.807, 2.05) is 24.3 Å². The number of nitrogens with zero attached hydrogens (tertiary/aromatic N) is 1. The first-order valence-electron chi connectivity index (χ1n) is 8.75. The van der Waals surface area contributed by atoms with Gasteiger partial charge in [0, 0.05) is 31.6 Å². The van der Waals surface area contributed by atoms with Gasteiger partial charge in [-0.1, -0.05) is 6.07 Å². The quantitative estimate of drug-likeness (QED) is 0.675. The third kappa shape index (κ3) is 6.32. The van der Waals surface area contributed by atoms with Crippen molar-refractivity contribution in [2.45, 2.75) is 39.8 Å². The molecule has 0 bridgehead atoms. The zero-order valence-electron chi connectivity index (χ0n) is 16.1. The standard InChI is InChI=1S/C19H26N4O4/c1-13(24)22-15-6-5-7-16-14(15)8-11-23(16)12-17(25)20-9-10-21-18(26)27-19(2,3)4/h5-8,11H,9-10,12H2,1-4H3,(H,20,25)(H,21,26)(H,22,24). The number of hydrogen-bond donors (Lipinski definition) is 3. The van der Waals surface area contributed by atoms with Gasteiger partial charge in [-0.05, 0) is 39.0 Å². The van der Waals surface area contributed by atoms with Gasteiger partial charge in [-0.3, -0.25) is 9.59 Å². The smallest absolute Gasteiger partial charge is 0.407 e. The Labute approximate surface area is 158 Å². The second kappa shape index (κ2) is 8.57. The highest BCUT2D eigenvalue weighted by Crippen LogP contribution is 2.24. The van der Waals surface area contributed by atoms with Crippen LogP contribution in [0.4, 0.5) is 10.5 Å². The predicted molar refractivity (Wildman–Crippen MR) is 103 cm³/mol. The molecule has 0 atom stereocenters. The van der Waals surface area contributed by atoms with Crippen molar-refractivity contribution in [1.82, 2.24) is 15.2 Å². The SMILES string of the molecule is CC(=O)Nc1cccc2c1ccn2CC(=O)NCCNC(=O)OC(C)(C)C. The Morgan fingerprint density at radius 1 is 1.07 bits per heavy atom. The van der Waals surface area contributed by atoms with Crippen LogP contribution in [0.2, 0.25) is 0 Å². The van der Waals surface area contributed by atoms with Gasteiger partial charge in [0.2, 0.25) is 11.8 Å². The first kappa shape index (κ1) is 20.3. The van der Waals surface area contributed by atoms with Gasteiger partial charge in [-0.25, -0.2) is 4.79 Å². The molecule has 8 heteroatoms. The Morgan fingerprint density at radius 2 is 1.78 bits per heavy atom. The van der Waals surface area contributed by atoms with Gasteiger partial charge in [0.1, 0.15) is 12.1 Å². The summed E-state index contributed by atoms with van der Waals surface area (Å²) in [5.41, 5.74) is 1.00. The topological polar surface area (TPSA) is 101 Å². The number of hydrogen-bond acceptors (Lipinski definition) is 4. The molecule has 3 N–H and O–H groups in total. The molecular weight excluding hydrogens is 348 g/mol. The second-order valence-electron chi connectivity index (χ2n) is 7.14. The summed E-state index contributed by atoms with van der Waals surface area (Å²) >= 11 is 0. The van der Waals surface area contributed by atoms with Crippen molar-refractivity contribution in [3.63, 3.8) is 0 Å². The molecule has 8 nitrogen and oxygen atoms in total. The lowest BCUT2D eigenvalue weighted by Crippen LogP contribution is -2.38. The molecule has 0 saturated carbocycles. The Kier molecular flexibility index (Phi) is 6.44. The molecule has 0 spiro atoms. The molecule has 0 aliphatic heterocycles. The van der Waals surface area contributed by atoms with Crippen LogP contribution in [0.5, 0.6) is 0 Å². The van der Waals surface area contributed by atoms with Gasteiger partial charge in [-0.15, -0.1) is 0 Å². The van der Waals surface area contributed by atoms with Gasteiger partial charge in [0.15, 0.2) is 0 Å². The summed E-state index contributed by atoms with van der Waals surface area (Å²) < 4.78 is 6.92. The number of carbonyl (C=O) groups excluding carboxylic acids is 3. The van der Waals surface area contributed by atoms with Crippen LogP contribution in [-0.4, -0.2) is 41.2 Å². The second-order valence-corrected chi connectivity index (χ2v) is 7.14. The van der Waals surface area contributed by atoms with Crippen LogP contribution in [0, 0.1) is 0 Å². The fraction of sp³-hybridized carbons (Fsp3) is 0.421. The van der Waals surface area contributed by atoms with Gasteiger partial charge >= 0.3 is 6.09 Å². The number of rotatable bonds is 6. The molecule has 2 rings (SSSR count). The van der Waals surface area contributed by atoms with Crippen molar-refractivity contribution in [1.29, 1.82) is 0 Å². The molecule has 0 aliphatic carbocycles. The zero-order chi connectivity index (χ0) is 20.0. The van der Waals surface area contributed by atoms with Crippen LogP contribution in [0.1, 0.15) is 27.7 Å². The minimum absolute atomic E-state index is 0.138. The van der Waals surface area contributed by atoms with E-state index in [1.165, 1.54) is 6.92 Å². The minimum atomic E-state index is -0.557. The van der Waals surface area contributed by atoms with E-state index in [2.05, 4.69) is 16.0 Å². The summed E-state index contributed by atoms with van der Waals surface area (Å²) in [7, 11) is 0. The predicted octanol–water partition coefficient (Wildman–Crippen LogP) is 2.24. The summed E-state index contributed by atoms with van der Waals surface area (Å²) in [5, 5.41) is 8.98. The van der Waals surface area contributed by atoms with Crippen LogP contribution < -0.4 is 16.0 Å². The molecule has 27 heavy (non-hydrogen) atoms. The van der Waals surface area contributed by atoms with Crippen molar-refractivity contribution in [3.8, 4) is 0 Å². The molecule has 3 amide bonds. The van der Waals surface area contributed by atoms with E-state index in [0.29, 0.717) is 12.2 Å². The number of alkyl carbamates (subject to hydrolysis) is 1. The first-order chi connectivity index (χ1) is 12.7. The summed E-state index contributed by atoms with van der Waals surface area (Å²) in [5.74, 6) is -0.325. The number of amides is 3. The molecule has 1 heterocycles. The number of aromatic nitrogens is 1. The van der Waals surface area contributed by atoms with Crippen molar-refractivity contribution >= 4 is 34.5 Å². The molecule has 0 unspecified atom stereocenters. The van der Waals surface area contributed by atoms with Gasteiger partial charge in [0.05, 0.1) is 11.2 Å². The van der Waals surface area contributed by atoms with Gasteiger partial charge in [0.25, 0.3) is 0 Å². The van der Waals surface area contributed by atoms with Crippen molar-refractivity contribution in [3.05, 3.63) is 30.5 Å².